The fraction of sp³-hybridized carbons (Fsp3) is 0.286. The van der Waals surface area contributed by atoms with E-state index in [1.165, 1.54) is 22.3 Å². The predicted molar refractivity (Wildman–Crippen MR) is 113 cm³/mol. The van der Waals surface area contributed by atoms with Gasteiger partial charge in [-0.3, -0.25) is 9.98 Å². The summed E-state index contributed by atoms with van der Waals surface area (Å²) in [5.41, 5.74) is 8.80. The summed E-state index contributed by atoms with van der Waals surface area (Å²) in [5.74, 6) is 0. The molecule has 0 amide bonds. The summed E-state index contributed by atoms with van der Waals surface area (Å²) in [6, 6.07) is 12.5. The van der Waals surface area contributed by atoms with Gasteiger partial charge in [0.05, 0.1) is 22.8 Å². The van der Waals surface area contributed by atoms with E-state index in [0.29, 0.717) is 0 Å². The molecule has 2 rings (SSSR count). The molecule has 0 saturated carbocycles. The van der Waals surface area contributed by atoms with Gasteiger partial charge in [-0.25, -0.2) is 0 Å². The van der Waals surface area contributed by atoms with E-state index >= 15 is 0 Å². The molecule has 0 aliphatic heterocycles. The Morgan fingerprint density at radius 2 is 0.920 bits per heavy atom. The quantitative estimate of drug-likeness (QED) is 0.247. The van der Waals surface area contributed by atoms with Crippen molar-refractivity contribution in [2.24, 2.45) is 9.98 Å². The molecule has 2 aromatic rings. The minimum Gasteiger partial charge on any atom is -0.358 e. The maximum atomic E-state index is 4.80. The van der Waals surface area contributed by atoms with Crippen LogP contribution in [0.5, 0.6) is 0 Å². The Hall–Kier alpha value is -1.08. The molecule has 2 nitrogen and oxygen atoms in total. The van der Waals surface area contributed by atoms with Crippen LogP contribution >= 0.6 is 13.4 Å². The van der Waals surface area contributed by atoms with E-state index < -0.39 is 0 Å². The monoisotopic (exact) mass is 492 g/mol. The van der Waals surface area contributed by atoms with Gasteiger partial charge in [0, 0.05) is 0 Å². The molecule has 4 heteroatoms. The van der Waals surface area contributed by atoms with E-state index in [-0.39, 0.29) is 7.43 Å². The van der Waals surface area contributed by atoms with Crippen LogP contribution in [0.1, 0.15) is 36.1 Å². The molecule has 0 unspecified atom stereocenters. The molecule has 0 aliphatic rings. The Labute approximate surface area is 170 Å². The zero-order valence-electron chi connectivity index (χ0n) is 16.1. The SMILES string of the molecule is CC(=Nc1c(C)cccc1C)C(C)=Nc1c(C)cccc1C.[Br][Pd+].[CH3-]. The van der Waals surface area contributed by atoms with Crippen LogP contribution in [0.4, 0.5) is 11.4 Å². The van der Waals surface area contributed by atoms with Gasteiger partial charge in [-0.2, -0.15) is 0 Å². The van der Waals surface area contributed by atoms with E-state index in [9.17, 15) is 0 Å². The molecule has 0 bridgehead atoms. The van der Waals surface area contributed by atoms with Crippen LogP contribution in [0.2, 0.25) is 0 Å². The van der Waals surface area contributed by atoms with Crippen molar-refractivity contribution >= 4 is 36.2 Å². The molecule has 0 fully saturated rings. The summed E-state index contributed by atoms with van der Waals surface area (Å²) in [7, 11) is 0. The summed E-state index contributed by atoms with van der Waals surface area (Å²) < 4.78 is 0. The number of hydrogen-bond donors (Lipinski definition) is 0. The maximum Gasteiger partial charge on any atom is -0.358 e. The molecule has 0 N–H and O–H groups in total. The van der Waals surface area contributed by atoms with E-state index in [1.807, 2.05) is 13.8 Å². The molecule has 25 heavy (non-hydrogen) atoms. The van der Waals surface area contributed by atoms with Crippen molar-refractivity contribution in [1.82, 2.24) is 0 Å². The minimum atomic E-state index is 0. The molecule has 0 spiro atoms. The molecule has 0 atom stereocenters. The fourth-order valence-corrected chi connectivity index (χ4v) is 2.46. The number of aliphatic imine (C=N–C) groups is 2. The standard InChI is InChI=1S/C20H24N2.CH3.BrH.Pd/c1-13-9-7-10-14(2)19(13)21-17(5)18(6)22-20-15(3)11-8-12-16(20)4;;;/h7-12H,1-6H3;1H3;1H;/q;-1;;+2/p-1. The molecule has 0 aromatic heterocycles. The largest absolute Gasteiger partial charge is 0.358 e. The van der Waals surface area contributed by atoms with Gasteiger partial charge >= 0.3 is 30.6 Å². The third-order valence-electron chi connectivity index (χ3n) is 3.96. The van der Waals surface area contributed by atoms with Crippen molar-refractivity contribution in [3.63, 3.8) is 0 Å². The normalized spacial score (nSPS) is 11.4. The summed E-state index contributed by atoms with van der Waals surface area (Å²) in [6.45, 7) is 12.4. The second kappa shape index (κ2) is 11.5. The Morgan fingerprint density at radius 3 is 1.16 bits per heavy atom. The minimum absolute atomic E-state index is 0. The van der Waals surface area contributed by atoms with E-state index in [1.54, 1.807) is 0 Å². The van der Waals surface area contributed by atoms with Gasteiger partial charge in [-0.1, -0.05) is 36.4 Å². The van der Waals surface area contributed by atoms with Gasteiger partial charge in [-0.15, -0.1) is 0 Å². The van der Waals surface area contributed by atoms with Crippen molar-refractivity contribution in [2.45, 2.75) is 41.5 Å². The third-order valence-corrected chi connectivity index (χ3v) is 3.96. The summed E-state index contributed by atoms with van der Waals surface area (Å²) >= 11 is 5.35. The van der Waals surface area contributed by atoms with Crippen molar-refractivity contribution in [3.05, 3.63) is 66.1 Å². The Kier molecular flexibility index (Phi) is 11.0. The smallest absolute Gasteiger partial charge is 0.358 e. The first-order chi connectivity index (χ1) is 11.4. The topological polar surface area (TPSA) is 24.7 Å². The van der Waals surface area contributed by atoms with Gasteiger partial charge in [0.15, 0.2) is 0 Å². The third kappa shape index (κ3) is 6.62. The Bertz CT molecular complexity index is 658. The number of para-hydroxylation sites is 2. The number of aryl methyl sites for hydroxylation is 4. The van der Waals surface area contributed by atoms with Gasteiger partial charge in [0.1, 0.15) is 0 Å². The predicted octanol–water partition coefficient (Wildman–Crippen LogP) is 7.10. The number of hydrogen-bond acceptors (Lipinski definition) is 2. The number of halogens is 1. The second-order valence-corrected chi connectivity index (χ2v) is 5.88. The van der Waals surface area contributed by atoms with Crippen LogP contribution in [-0.4, -0.2) is 11.4 Å². The van der Waals surface area contributed by atoms with Crippen LogP contribution < -0.4 is 0 Å². The number of nitrogens with zero attached hydrogens (tertiary/aromatic N) is 2. The van der Waals surface area contributed by atoms with E-state index in [2.05, 4.69) is 94.7 Å². The van der Waals surface area contributed by atoms with Crippen molar-refractivity contribution < 1.29 is 17.2 Å². The molecule has 0 aliphatic carbocycles. The molecular formula is C21H27BrN2Pd. The zero-order valence-corrected chi connectivity index (χ0v) is 19.2. The van der Waals surface area contributed by atoms with E-state index in [0.717, 1.165) is 22.8 Å². The van der Waals surface area contributed by atoms with Crippen LogP contribution in [-0.2, 0) is 17.2 Å². The zero-order chi connectivity index (χ0) is 18.3. The fourth-order valence-electron chi connectivity index (χ4n) is 2.46. The average Bonchev–Trinajstić information content (AvgIpc) is 2.56. The molecule has 2 aromatic carbocycles. The molecule has 0 saturated heterocycles. The summed E-state index contributed by atoms with van der Waals surface area (Å²) in [5, 5.41) is 0. The van der Waals surface area contributed by atoms with Gasteiger partial charge in [-0.05, 0) is 63.8 Å². The van der Waals surface area contributed by atoms with Crippen molar-refractivity contribution in [1.29, 1.82) is 0 Å². The first-order valence-corrected chi connectivity index (χ1v) is 11.3. The average molecular weight is 494 g/mol. The second-order valence-electron chi connectivity index (χ2n) is 5.88. The van der Waals surface area contributed by atoms with Crippen LogP contribution in [0.3, 0.4) is 0 Å². The Balaban J connectivity index is 0.00000185. The first kappa shape index (κ1) is 23.9. The number of rotatable bonds is 3. The van der Waals surface area contributed by atoms with Crippen LogP contribution in [0, 0.1) is 35.1 Å². The van der Waals surface area contributed by atoms with Crippen molar-refractivity contribution in [2.75, 3.05) is 0 Å². The molecule has 0 radical (unpaired) electrons. The van der Waals surface area contributed by atoms with Crippen molar-refractivity contribution in [3.8, 4) is 0 Å². The first-order valence-electron chi connectivity index (χ1n) is 7.75. The van der Waals surface area contributed by atoms with Gasteiger partial charge in [0.25, 0.3) is 0 Å². The molecule has 138 valence electrons. The summed E-state index contributed by atoms with van der Waals surface area (Å²) in [6.07, 6.45) is 0. The molecule has 0 heterocycles. The Morgan fingerprint density at radius 1 is 0.680 bits per heavy atom. The maximum absolute atomic E-state index is 4.80. The number of benzene rings is 2. The van der Waals surface area contributed by atoms with Gasteiger partial charge < -0.3 is 7.43 Å². The van der Waals surface area contributed by atoms with Crippen LogP contribution in [0.15, 0.2) is 46.4 Å². The van der Waals surface area contributed by atoms with Gasteiger partial charge in [0.2, 0.25) is 0 Å². The van der Waals surface area contributed by atoms with E-state index in [4.69, 9.17) is 9.98 Å². The summed E-state index contributed by atoms with van der Waals surface area (Å²) in [4.78, 5) is 9.60. The molecular weight excluding hydrogens is 467 g/mol. The van der Waals surface area contributed by atoms with Crippen LogP contribution in [0.25, 0.3) is 0 Å².